The Morgan fingerprint density at radius 3 is 1.06 bits per heavy atom. The molecule has 0 amide bonds. The first-order valence-corrected chi connectivity index (χ1v) is 9.78. The van der Waals surface area contributed by atoms with Crippen molar-refractivity contribution in [2.75, 3.05) is 0 Å². The topological polar surface area (TPSA) is 195 Å². The van der Waals surface area contributed by atoms with E-state index in [9.17, 15) is 14.4 Å². The van der Waals surface area contributed by atoms with Crippen LogP contribution in [0.25, 0.3) is 10.8 Å². The summed E-state index contributed by atoms with van der Waals surface area (Å²) >= 11 is 0. The summed E-state index contributed by atoms with van der Waals surface area (Å²) in [4.78, 5) is 31.7. The molecule has 0 aliphatic rings. The van der Waals surface area contributed by atoms with Gasteiger partial charge in [0.25, 0.3) is 0 Å². The summed E-state index contributed by atoms with van der Waals surface area (Å²) in [6.45, 7) is 0. The number of benzene rings is 3. The Kier molecular flexibility index (Phi) is 13.0. The maximum absolute atomic E-state index is 10.6. The molecule has 0 fully saturated rings. The first-order valence-electron chi connectivity index (χ1n) is 9.78. The molecule has 2 aromatic heterocycles. The van der Waals surface area contributed by atoms with Gasteiger partial charge in [0.15, 0.2) is 0 Å². The Bertz CT molecular complexity index is 1140. The molecule has 0 unspecified atom stereocenters. The first kappa shape index (κ1) is 29.3. The molecule has 5 N–H and O–H groups in total. The van der Waals surface area contributed by atoms with E-state index in [2.05, 4.69) is 79.4 Å². The van der Waals surface area contributed by atoms with Gasteiger partial charge < -0.3 is 15.3 Å². The van der Waals surface area contributed by atoms with E-state index < -0.39 is 17.9 Å². The number of carboxylic acid groups (broad SMARTS) is 3. The molecule has 36 heavy (non-hydrogen) atoms. The number of aromatic nitrogens is 6. The Labute approximate surface area is 216 Å². The molecule has 5 rings (SSSR count). The van der Waals surface area contributed by atoms with Crippen LogP contribution >= 0.6 is 0 Å². The summed E-state index contributed by atoms with van der Waals surface area (Å²) in [5.41, 5.74) is -1.10. The molecule has 12 nitrogen and oxygen atoms in total. The largest absolute Gasteiger partial charge is 0.478 e. The Hall–Kier alpha value is -4.77. The van der Waals surface area contributed by atoms with Crippen molar-refractivity contribution in [2.24, 2.45) is 0 Å². The van der Waals surface area contributed by atoms with Crippen molar-refractivity contribution in [1.82, 2.24) is 30.8 Å². The normalized spacial score (nSPS) is 9.00. The SMILES string of the molecule is O=C(O)c1cc(C(=O)O)cc(C(=O)O)c1.[Zn].c1c[nH]nn1.c1c[nH]nn1.c1ccc2ccccc2c1. The monoisotopic (exact) mass is 540 g/mol. The zero-order valence-electron chi connectivity index (χ0n) is 18.7. The molecule has 0 radical (unpaired) electrons. The minimum Gasteiger partial charge on any atom is -0.478 e. The van der Waals surface area contributed by atoms with Crippen LogP contribution in [0.15, 0.2) is 91.5 Å². The van der Waals surface area contributed by atoms with Gasteiger partial charge in [-0.05, 0) is 29.0 Å². The number of nitrogens with one attached hydrogen (secondary N) is 2. The molecule has 0 atom stereocenters. The average Bonchev–Trinajstić information content (AvgIpc) is 3.64. The van der Waals surface area contributed by atoms with Gasteiger partial charge in [-0.3, -0.25) is 10.2 Å². The number of rotatable bonds is 3. The third kappa shape index (κ3) is 10.4. The summed E-state index contributed by atoms with van der Waals surface area (Å²) < 4.78 is 0. The smallest absolute Gasteiger partial charge is 0.335 e. The zero-order chi connectivity index (χ0) is 25.5. The summed E-state index contributed by atoms with van der Waals surface area (Å²) in [6.07, 6.45) is 6.47. The number of carbonyl (C=O) groups is 3. The van der Waals surface area contributed by atoms with Gasteiger partial charge in [0.2, 0.25) is 0 Å². The van der Waals surface area contributed by atoms with Crippen molar-refractivity contribution >= 4 is 28.7 Å². The second kappa shape index (κ2) is 16.0. The maximum Gasteiger partial charge on any atom is 0.335 e. The van der Waals surface area contributed by atoms with Crippen molar-refractivity contribution in [3.05, 3.63) is 108 Å². The molecule has 180 valence electrons. The van der Waals surface area contributed by atoms with Crippen molar-refractivity contribution in [3.8, 4) is 0 Å². The van der Waals surface area contributed by atoms with Crippen molar-refractivity contribution in [3.63, 3.8) is 0 Å². The molecule has 13 heteroatoms. The van der Waals surface area contributed by atoms with Gasteiger partial charge in [-0.1, -0.05) is 59.0 Å². The number of H-pyrrole nitrogens is 2. The third-order valence-electron chi connectivity index (χ3n) is 3.99. The van der Waals surface area contributed by atoms with Gasteiger partial charge in [-0.2, -0.15) is 0 Å². The summed E-state index contributed by atoms with van der Waals surface area (Å²) in [5.74, 6) is -4.12. The second-order valence-electron chi connectivity index (χ2n) is 6.38. The number of carboxylic acids is 3. The molecule has 0 saturated heterocycles. The molecule has 0 aliphatic carbocycles. The fraction of sp³-hybridized carbons (Fsp3) is 0. The standard InChI is InChI=1S/C10H8.C9H6O6.2C2H3N3.Zn/c1-2-6-10-8-4-3-7-9(10)5-1;10-7(11)4-1-5(8(12)13)3-6(2-4)9(14)15;2*1-2-4-5-3-1;/h1-8H;1-3H,(H,10,11)(H,12,13)(H,14,15);2*1-2H,(H,3,4,5);. The fourth-order valence-corrected chi connectivity index (χ4v) is 2.46. The molecule has 3 aromatic carbocycles. The molecule has 2 heterocycles. The van der Waals surface area contributed by atoms with E-state index in [1.54, 1.807) is 24.8 Å². The Balaban J connectivity index is 0.000000263. The Morgan fingerprint density at radius 2 is 0.889 bits per heavy atom. The quantitative estimate of drug-likeness (QED) is 0.211. The van der Waals surface area contributed by atoms with Gasteiger partial charge in [-0.15, -0.1) is 10.2 Å². The number of fused-ring (bicyclic) bond motifs is 1. The van der Waals surface area contributed by atoms with E-state index in [1.807, 2.05) is 0 Å². The van der Waals surface area contributed by atoms with E-state index in [1.165, 1.54) is 10.8 Å². The van der Waals surface area contributed by atoms with Crippen LogP contribution in [-0.4, -0.2) is 64.0 Å². The third-order valence-corrected chi connectivity index (χ3v) is 3.99. The predicted octanol–water partition coefficient (Wildman–Crippen LogP) is 3.23. The number of hydrogen-bond acceptors (Lipinski definition) is 7. The summed E-state index contributed by atoms with van der Waals surface area (Å²) in [6, 6.07) is 19.4. The first-order chi connectivity index (χ1) is 16.9. The van der Waals surface area contributed by atoms with Crippen LogP contribution in [0.3, 0.4) is 0 Å². The number of nitrogens with zero attached hydrogens (tertiary/aromatic N) is 4. The summed E-state index contributed by atoms with van der Waals surface area (Å²) in [7, 11) is 0. The molecular weight excluding hydrogens is 522 g/mol. The average molecular weight is 542 g/mol. The van der Waals surface area contributed by atoms with E-state index in [0.717, 1.165) is 18.2 Å². The van der Waals surface area contributed by atoms with Gasteiger partial charge >= 0.3 is 17.9 Å². The maximum atomic E-state index is 10.6. The van der Waals surface area contributed by atoms with Crippen LogP contribution in [0.1, 0.15) is 31.1 Å². The van der Waals surface area contributed by atoms with Crippen LogP contribution in [0.4, 0.5) is 0 Å². The molecule has 0 bridgehead atoms. The number of aromatic amines is 2. The van der Waals surface area contributed by atoms with Crippen molar-refractivity contribution in [1.29, 1.82) is 0 Å². The van der Waals surface area contributed by atoms with Crippen LogP contribution in [0, 0.1) is 0 Å². The van der Waals surface area contributed by atoms with Gasteiger partial charge in [0, 0.05) is 31.9 Å². The summed E-state index contributed by atoms with van der Waals surface area (Å²) in [5, 5.41) is 47.0. The molecule has 0 saturated carbocycles. The predicted molar refractivity (Wildman–Crippen MR) is 124 cm³/mol. The molecular formula is C23H20N6O6Zn. The minimum absolute atomic E-state index is 0. The van der Waals surface area contributed by atoms with Crippen LogP contribution in [-0.2, 0) is 19.5 Å². The fourth-order valence-electron chi connectivity index (χ4n) is 2.46. The van der Waals surface area contributed by atoms with E-state index in [0.29, 0.717) is 0 Å². The number of aromatic carboxylic acids is 3. The van der Waals surface area contributed by atoms with E-state index in [4.69, 9.17) is 15.3 Å². The van der Waals surface area contributed by atoms with Crippen molar-refractivity contribution in [2.45, 2.75) is 0 Å². The van der Waals surface area contributed by atoms with Crippen LogP contribution in [0.5, 0.6) is 0 Å². The van der Waals surface area contributed by atoms with Crippen LogP contribution < -0.4 is 0 Å². The van der Waals surface area contributed by atoms with Crippen molar-refractivity contribution < 1.29 is 49.2 Å². The van der Waals surface area contributed by atoms with E-state index in [-0.39, 0.29) is 36.2 Å². The molecule has 0 aliphatic heterocycles. The van der Waals surface area contributed by atoms with Gasteiger partial charge in [-0.25, -0.2) is 14.4 Å². The number of hydrogen-bond donors (Lipinski definition) is 5. The molecule has 5 aromatic rings. The van der Waals surface area contributed by atoms with E-state index >= 15 is 0 Å². The Morgan fingerprint density at radius 1 is 0.583 bits per heavy atom. The van der Waals surface area contributed by atoms with Gasteiger partial charge in [0.1, 0.15) is 0 Å². The second-order valence-corrected chi connectivity index (χ2v) is 6.38. The van der Waals surface area contributed by atoms with Crippen LogP contribution in [0.2, 0.25) is 0 Å². The minimum atomic E-state index is -1.37. The molecule has 0 spiro atoms. The van der Waals surface area contributed by atoms with Gasteiger partial charge in [0.05, 0.1) is 29.1 Å². The zero-order valence-corrected chi connectivity index (χ0v) is 21.7.